The highest BCUT2D eigenvalue weighted by Gasteiger charge is 2.26. The summed E-state index contributed by atoms with van der Waals surface area (Å²) in [5, 5.41) is 10.9. The van der Waals surface area contributed by atoms with Gasteiger partial charge in [0.15, 0.2) is 0 Å². The number of piperidine rings is 1. The molecule has 1 aliphatic rings. The minimum atomic E-state index is -0.586. The molecule has 5 nitrogen and oxygen atoms in total. The van der Waals surface area contributed by atoms with Crippen molar-refractivity contribution in [2.24, 2.45) is 5.92 Å². The predicted octanol–water partition coefficient (Wildman–Crippen LogP) is 3.77. The van der Waals surface area contributed by atoms with Gasteiger partial charge in [-0.3, -0.25) is 14.9 Å². The van der Waals surface area contributed by atoms with Crippen LogP contribution in [-0.4, -0.2) is 28.8 Å². The molecule has 0 aliphatic carbocycles. The Hall–Kier alpha value is -1.33. The van der Waals surface area contributed by atoms with Gasteiger partial charge >= 0.3 is 0 Å². The van der Waals surface area contributed by atoms with Crippen molar-refractivity contribution in [3.8, 4) is 0 Å². The van der Waals surface area contributed by atoms with E-state index in [9.17, 15) is 14.9 Å². The fraction of sp³-hybridized carbons (Fsp3) is 0.462. The molecule has 20 heavy (non-hydrogen) atoms. The molecule has 1 aromatic carbocycles. The number of nitrogens with zero attached hydrogens (tertiary/aromatic N) is 2. The second kappa shape index (κ2) is 5.97. The molecule has 108 valence electrons. The second-order valence-corrected chi connectivity index (χ2v) is 5.81. The van der Waals surface area contributed by atoms with E-state index >= 15 is 0 Å². The van der Waals surface area contributed by atoms with E-state index in [-0.39, 0.29) is 27.2 Å². The average molecular weight is 317 g/mol. The molecule has 1 saturated heterocycles. The molecule has 0 saturated carbocycles. The highest BCUT2D eigenvalue weighted by atomic mass is 35.5. The van der Waals surface area contributed by atoms with Gasteiger partial charge in [-0.15, -0.1) is 0 Å². The first-order valence-corrected chi connectivity index (χ1v) is 7.08. The maximum absolute atomic E-state index is 12.4. The van der Waals surface area contributed by atoms with E-state index < -0.39 is 4.92 Å². The number of hydrogen-bond acceptors (Lipinski definition) is 3. The Kier molecular flexibility index (Phi) is 4.50. The number of likely N-dealkylation sites (tertiary alicyclic amines) is 1. The molecule has 1 amide bonds. The van der Waals surface area contributed by atoms with E-state index in [1.54, 1.807) is 4.90 Å². The minimum absolute atomic E-state index is 0.0228. The summed E-state index contributed by atoms with van der Waals surface area (Å²) in [5.74, 6) is 0.288. The Bertz CT molecular complexity index is 555. The maximum Gasteiger partial charge on any atom is 0.271 e. The number of amides is 1. The smallest absolute Gasteiger partial charge is 0.271 e. The van der Waals surface area contributed by atoms with Crippen molar-refractivity contribution in [2.75, 3.05) is 13.1 Å². The monoisotopic (exact) mass is 316 g/mol. The molecule has 0 radical (unpaired) electrons. The van der Waals surface area contributed by atoms with E-state index in [0.717, 1.165) is 18.9 Å². The van der Waals surface area contributed by atoms with Gasteiger partial charge in [0.1, 0.15) is 0 Å². The summed E-state index contributed by atoms with van der Waals surface area (Å²) in [7, 11) is 0. The van der Waals surface area contributed by atoms with Crippen LogP contribution in [0.3, 0.4) is 0 Å². The molecule has 1 fully saturated rings. The van der Waals surface area contributed by atoms with Crippen molar-refractivity contribution in [2.45, 2.75) is 19.8 Å². The molecular weight excluding hydrogens is 303 g/mol. The van der Waals surface area contributed by atoms with Crippen LogP contribution in [0.4, 0.5) is 5.69 Å². The third kappa shape index (κ3) is 3.04. The molecule has 1 aromatic rings. The maximum atomic E-state index is 12.4. The summed E-state index contributed by atoms with van der Waals surface area (Å²) in [6.07, 6.45) is 1.85. The normalized spacial score (nSPS) is 16.2. The van der Waals surface area contributed by atoms with Crippen LogP contribution < -0.4 is 0 Å². The van der Waals surface area contributed by atoms with Gasteiger partial charge in [0.2, 0.25) is 0 Å². The predicted molar refractivity (Wildman–Crippen MR) is 77.4 cm³/mol. The summed E-state index contributed by atoms with van der Waals surface area (Å²) in [6.45, 7) is 3.41. The second-order valence-electron chi connectivity index (χ2n) is 5.02. The van der Waals surface area contributed by atoms with Crippen LogP contribution in [-0.2, 0) is 0 Å². The first-order valence-electron chi connectivity index (χ1n) is 6.33. The van der Waals surface area contributed by atoms with Crippen LogP contribution in [0.1, 0.15) is 30.1 Å². The zero-order chi connectivity index (χ0) is 14.9. The number of benzene rings is 1. The molecule has 0 unspecified atom stereocenters. The van der Waals surface area contributed by atoms with Crippen molar-refractivity contribution < 1.29 is 9.72 Å². The lowest BCUT2D eigenvalue weighted by atomic mass is 9.98. The number of hydrogen-bond donors (Lipinski definition) is 0. The van der Waals surface area contributed by atoms with Gasteiger partial charge in [0.25, 0.3) is 11.6 Å². The summed E-state index contributed by atoms with van der Waals surface area (Å²) in [6, 6.07) is 2.34. The van der Waals surface area contributed by atoms with Crippen LogP contribution in [0.2, 0.25) is 10.0 Å². The van der Waals surface area contributed by atoms with Crippen LogP contribution in [0, 0.1) is 16.0 Å². The fourth-order valence-corrected chi connectivity index (χ4v) is 2.62. The standard InChI is InChI=1S/C13H14Cl2N2O3/c1-8-2-4-16(5-3-8)13(18)10-6-9(17(19)20)7-11(14)12(10)15/h6-8H,2-5H2,1H3. The van der Waals surface area contributed by atoms with Crippen LogP contribution in [0.15, 0.2) is 12.1 Å². The molecule has 0 atom stereocenters. The number of halogens is 2. The van der Waals surface area contributed by atoms with Crippen molar-refractivity contribution in [3.63, 3.8) is 0 Å². The topological polar surface area (TPSA) is 63.5 Å². The van der Waals surface area contributed by atoms with Crippen molar-refractivity contribution in [3.05, 3.63) is 37.9 Å². The minimum Gasteiger partial charge on any atom is -0.339 e. The van der Waals surface area contributed by atoms with Crippen LogP contribution >= 0.6 is 23.2 Å². The Labute approximate surface area is 126 Å². The Balaban J connectivity index is 2.31. The number of non-ortho nitro benzene ring substituents is 1. The lowest BCUT2D eigenvalue weighted by molar-refractivity contribution is -0.384. The molecule has 1 aliphatic heterocycles. The molecule has 0 N–H and O–H groups in total. The molecule has 0 spiro atoms. The molecule has 0 bridgehead atoms. The van der Waals surface area contributed by atoms with Gasteiger partial charge in [-0.25, -0.2) is 0 Å². The quantitative estimate of drug-likeness (QED) is 0.616. The van der Waals surface area contributed by atoms with Crippen LogP contribution in [0.25, 0.3) is 0 Å². The van der Waals surface area contributed by atoms with Gasteiger partial charge in [-0.2, -0.15) is 0 Å². The largest absolute Gasteiger partial charge is 0.339 e. The zero-order valence-corrected chi connectivity index (χ0v) is 12.4. The first kappa shape index (κ1) is 15.1. The SMILES string of the molecule is CC1CCN(C(=O)c2cc([N+](=O)[O-])cc(Cl)c2Cl)CC1. The van der Waals surface area contributed by atoms with E-state index in [2.05, 4.69) is 6.92 Å². The number of nitro benzene ring substituents is 1. The fourth-order valence-electron chi connectivity index (χ4n) is 2.22. The molecule has 2 rings (SSSR count). The van der Waals surface area contributed by atoms with Gasteiger partial charge < -0.3 is 4.90 Å². The zero-order valence-electron chi connectivity index (χ0n) is 10.9. The molecule has 0 aromatic heterocycles. The van der Waals surface area contributed by atoms with Gasteiger partial charge in [0, 0.05) is 25.2 Å². The highest BCUT2D eigenvalue weighted by molar-refractivity contribution is 6.44. The summed E-state index contributed by atoms with van der Waals surface area (Å²) in [5.41, 5.74) is -0.131. The molecule has 7 heteroatoms. The number of carbonyl (C=O) groups excluding carboxylic acids is 1. The Morgan fingerprint density at radius 1 is 1.35 bits per heavy atom. The average Bonchev–Trinajstić information content (AvgIpc) is 2.41. The molecule has 1 heterocycles. The number of nitro groups is 1. The van der Waals surface area contributed by atoms with Crippen molar-refractivity contribution in [1.29, 1.82) is 0 Å². The third-order valence-corrected chi connectivity index (χ3v) is 4.33. The van der Waals surface area contributed by atoms with Gasteiger partial charge in [-0.1, -0.05) is 30.1 Å². The van der Waals surface area contributed by atoms with E-state index in [1.165, 1.54) is 6.07 Å². The van der Waals surface area contributed by atoms with E-state index in [0.29, 0.717) is 19.0 Å². The summed E-state index contributed by atoms with van der Waals surface area (Å²) < 4.78 is 0. The van der Waals surface area contributed by atoms with Gasteiger partial charge in [-0.05, 0) is 18.8 Å². The lowest BCUT2D eigenvalue weighted by Crippen LogP contribution is -2.38. The molecular formula is C13H14Cl2N2O3. The van der Waals surface area contributed by atoms with E-state index in [1.807, 2.05) is 0 Å². The highest BCUT2D eigenvalue weighted by Crippen LogP contribution is 2.32. The first-order chi connectivity index (χ1) is 9.40. The lowest BCUT2D eigenvalue weighted by Gasteiger charge is -2.30. The number of carbonyl (C=O) groups is 1. The van der Waals surface area contributed by atoms with E-state index in [4.69, 9.17) is 23.2 Å². The number of rotatable bonds is 2. The van der Waals surface area contributed by atoms with Gasteiger partial charge in [0.05, 0.1) is 20.5 Å². The Morgan fingerprint density at radius 3 is 2.50 bits per heavy atom. The van der Waals surface area contributed by atoms with Crippen molar-refractivity contribution in [1.82, 2.24) is 4.90 Å². The third-order valence-electron chi connectivity index (χ3n) is 3.53. The Morgan fingerprint density at radius 2 is 1.95 bits per heavy atom. The summed E-state index contributed by atoms with van der Waals surface area (Å²) >= 11 is 11.9. The van der Waals surface area contributed by atoms with Crippen LogP contribution in [0.5, 0.6) is 0 Å². The summed E-state index contributed by atoms with van der Waals surface area (Å²) in [4.78, 5) is 24.3. The van der Waals surface area contributed by atoms with Crippen molar-refractivity contribution >= 4 is 34.8 Å².